The number of rotatable bonds is 4. The van der Waals surface area contributed by atoms with Crippen molar-refractivity contribution >= 4 is 0 Å². The van der Waals surface area contributed by atoms with Crippen molar-refractivity contribution in [3.8, 4) is 0 Å². The summed E-state index contributed by atoms with van der Waals surface area (Å²) < 4.78 is 4.75. The van der Waals surface area contributed by atoms with Crippen molar-refractivity contribution in [1.82, 2.24) is 15.5 Å². The van der Waals surface area contributed by atoms with E-state index < -0.39 is 0 Å². The maximum Gasteiger partial charge on any atom is 0.124 e. The van der Waals surface area contributed by atoms with Gasteiger partial charge in [0, 0.05) is 31.0 Å². The number of pyridine rings is 1. The Morgan fingerprint density at radius 1 is 1.33 bits per heavy atom. The van der Waals surface area contributed by atoms with Crippen LogP contribution in [0.1, 0.15) is 24.2 Å². The van der Waals surface area contributed by atoms with Crippen molar-refractivity contribution in [2.24, 2.45) is 0 Å². The predicted molar refractivity (Wildman–Crippen MR) is 56.0 cm³/mol. The topological polar surface area (TPSA) is 51.0 Å². The van der Waals surface area contributed by atoms with Crippen molar-refractivity contribution in [3.05, 3.63) is 48.1 Å². The first-order chi connectivity index (χ1) is 7.36. The van der Waals surface area contributed by atoms with Gasteiger partial charge in [-0.25, -0.2) is 0 Å². The summed E-state index contributed by atoms with van der Waals surface area (Å²) in [6.45, 7) is 2.81. The first kappa shape index (κ1) is 9.86. The van der Waals surface area contributed by atoms with Gasteiger partial charge in [0.1, 0.15) is 6.26 Å². The molecule has 1 unspecified atom stereocenters. The Bertz CT molecular complexity index is 385. The number of nitrogens with one attached hydrogen (secondary N) is 1. The fraction of sp³-hybridized carbons (Fsp3) is 0.273. The van der Waals surface area contributed by atoms with Gasteiger partial charge in [0.25, 0.3) is 0 Å². The van der Waals surface area contributed by atoms with Crippen LogP contribution in [0.15, 0.2) is 41.4 Å². The lowest BCUT2D eigenvalue weighted by Gasteiger charge is -2.12. The van der Waals surface area contributed by atoms with Crippen LogP contribution in [0.5, 0.6) is 0 Å². The minimum absolute atomic E-state index is 0.282. The maximum atomic E-state index is 4.75. The van der Waals surface area contributed by atoms with Gasteiger partial charge in [-0.3, -0.25) is 4.98 Å². The quantitative estimate of drug-likeness (QED) is 0.824. The fourth-order valence-corrected chi connectivity index (χ4v) is 1.36. The van der Waals surface area contributed by atoms with E-state index in [0.29, 0.717) is 6.54 Å². The average molecular weight is 203 g/mol. The molecule has 4 heteroatoms. The van der Waals surface area contributed by atoms with Crippen LogP contribution >= 0.6 is 0 Å². The van der Waals surface area contributed by atoms with E-state index in [9.17, 15) is 0 Å². The Morgan fingerprint density at radius 3 is 2.80 bits per heavy atom. The third-order valence-corrected chi connectivity index (χ3v) is 2.29. The van der Waals surface area contributed by atoms with Crippen molar-refractivity contribution in [1.29, 1.82) is 0 Å². The third kappa shape index (κ3) is 2.63. The highest BCUT2D eigenvalue weighted by Crippen LogP contribution is 2.10. The predicted octanol–water partition coefficient (Wildman–Crippen LogP) is 1.92. The molecule has 4 nitrogen and oxygen atoms in total. The Hall–Kier alpha value is -1.68. The molecule has 15 heavy (non-hydrogen) atoms. The number of aromatic nitrogens is 2. The lowest BCUT2D eigenvalue weighted by atomic mass is 10.1. The molecule has 0 amide bonds. The molecule has 0 aliphatic heterocycles. The van der Waals surface area contributed by atoms with Crippen molar-refractivity contribution in [2.75, 3.05) is 0 Å². The molecule has 2 heterocycles. The van der Waals surface area contributed by atoms with Crippen molar-refractivity contribution in [2.45, 2.75) is 19.5 Å². The Balaban J connectivity index is 1.90. The normalized spacial score (nSPS) is 12.6. The molecule has 2 aromatic rings. The molecule has 0 fully saturated rings. The zero-order valence-corrected chi connectivity index (χ0v) is 8.55. The number of nitrogens with zero attached hydrogens (tertiary/aromatic N) is 2. The van der Waals surface area contributed by atoms with Crippen LogP contribution < -0.4 is 5.32 Å². The van der Waals surface area contributed by atoms with E-state index in [1.54, 1.807) is 18.7 Å². The molecule has 0 aliphatic carbocycles. The van der Waals surface area contributed by atoms with Gasteiger partial charge in [-0.15, -0.1) is 0 Å². The van der Waals surface area contributed by atoms with Crippen LogP contribution in [0, 0.1) is 0 Å². The molecule has 0 aliphatic rings. The van der Waals surface area contributed by atoms with E-state index in [2.05, 4.69) is 22.4 Å². The van der Waals surface area contributed by atoms with Gasteiger partial charge in [-0.2, -0.15) is 0 Å². The molecule has 0 spiro atoms. The Labute approximate surface area is 88.3 Å². The van der Waals surface area contributed by atoms with Gasteiger partial charge in [-0.05, 0) is 24.6 Å². The second-order valence-corrected chi connectivity index (χ2v) is 3.37. The van der Waals surface area contributed by atoms with E-state index in [1.165, 1.54) is 5.56 Å². The van der Waals surface area contributed by atoms with Gasteiger partial charge in [0.05, 0.1) is 5.69 Å². The molecule has 0 saturated carbocycles. The summed E-state index contributed by atoms with van der Waals surface area (Å²) in [6.07, 6.45) is 5.17. The molecule has 1 atom stereocenters. The molecule has 1 N–H and O–H groups in total. The lowest BCUT2D eigenvalue weighted by Crippen LogP contribution is -2.18. The van der Waals surface area contributed by atoms with Crippen LogP contribution in [0.2, 0.25) is 0 Å². The fourth-order valence-electron chi connectivity index (χ4n) is 1.36. The average Bonchev–Trinajstić information content (AvgIpc) is 2.80. The van der Waals surface area contributed by atoms with Crippen molar-refractivity contribution < 1.29 is 4.52 Å². The van der Waals surface area contributed by atoms with Crippen LogP contribution in [0.4, 0.5) is 0 Å². The molecular weight excluding hydrogens is 190 g/mol. The Morgan fingerprint density at radius 2 is 2.13 bits per heavy atom. The highest BCUT2D eigenvalue weighted by molar-refractivity contribution is 5.14. The van der Waals surface area contributed by atoms with Gasteiger partial charge in [0.2, 0.25) is 0 Å². The van der Waals surface area contributed by atoms with Crippen LogP contribution in [0.3, 0.4) is 0 Å². The maximum absolute atomic E-state index is 4.75. The van der Waals surface area contributed by atoms with Gasteiger partial charge >= 0.3 is 0 Å². The molecule has 2 aromatic heterocycles. The minimum atomic E-state index is 0.282. The summed E-state index contributed by atoms with van der Waals surface area (Å²) in [7, 11) is 0. The summed E-state index contributed by atoms with van der Waals surface area (Å²) in [5.41, 5.74) is 2.13. The summed E-state index contributed by atoms with van der Waals surface area (Å²) >= 11 is 0. The summed E-state index contributed by atoms with van der Waals surface area (Å²) in [6, 6.07) is 6.14. The second-order valence-electron chi connectivity index (χ2n) is 3.37. The Kier molecular flexibility index (Phi) is 3.09. The molecule has 0 saturated heterocycles. The lowest BCUT2D eigenvalue weighted by molar-refractivity contribution is 0.406. The smallest absolute Gasteiger partial charge is 0.124 e. The van der Waals surface area contributed by atoms with E-state index in [0.717, 1.165) is 5.69 Å². The molecule has 78 valence electrons. The summed E-state index contributed by atoms with van der Waals surface area (Å²) in [5, 5.41) is 7.18. The van der Waals surface area contributed by atoms with Gasteiger partial charge in [-0.1, -0.05) is 5.16 Å². The SMILES string of the molecule is CC(NCc1ccon1)c1ccncc1. The summed E-state index contributed by atoms with van der Waals surface area (Å²) in [5.74, 6) is 0. The zero-order valence-electron chi connectivity index (χ0n) is 8.55. The molecular formula is C11H13N3O. The molecule has 2 rings (SSSR count). The molecule has 0 radical (unpaired) electrons. The monoisotopic (exact) mass is 203 g/mol. The van der Waals surface area contributed by atoms with Crippen LogP contribution in [0.25, 0.3) is 0 Å². The van der Waals surface area contributed by atoms with E-state index >= 15 is 0 Å². The standard InChI is InChI=1S/C11H13N3O/c1-9(10-2-5-12-6-3-10)13-8-11-4-7-15-14-11/h2-7,9,13H,8H2,1H3. The zero-order chi connectivity index (χ0) is 10.5. The van der Waals surface area contributed by atoms with Gasteiger partial charge < -0.3 is 9.84 Å². The largest absolute Gasteiger partial charge is 0.364 e. The van der Waals surface area contributed by atoms with Crippen LogP contribution in [-0.4, -0.2) is 10.1 Å². The van der Waals surface area contributed by atoms with E-state index in [-0.39, 0.29) is 6.04 Å². The highest BCUT2D eigenvalue weighted by atomic mass is 16.5. The van der Waals surface area contributed by atoms with E-state index in [4.69, 9.17) is 4.52 Å². The second kappa shape index (κ2) is 4.70. The number of hydrogen-bond acceptors (Lipinski definition) is 4. The van der Waals surface area contributed by atoms with Crippen LogP contribution in [-0.2, 0) is 6.54 Å². The minimum Gasteiger partial charge on any atom is -0.364 e. The summed E-state index contributed by atoms with van der Waals surface area (Å²) in [4.78, 5) is 3.98. The van der Waals surface area contributed by atoms with Crippen molar-refractivity contribution in [3.63, 3.8) is 0 Å². The van der Waals surface area contributed by atoms with Gasteiger partial charge in [0.15, 0.2) is 0 Å². The third-order valence-electron chi connectivity index (χ3n) is 2.29. The molecule has 0 bridgehead atoms. The highest BCUT2D eigenvalue weighted by Gasteiger charge is 2.04. The van der Waals surface area contributed by atoms with E-state index in [1.807, 2.05) is 18.2 Å². The first-order valence-electron chi connectivity index (χ1n) is 4.89. The number of hydrogen-bond donors (Lipinski definition) is 1. The first-order valence-corrected chi connectivity index (χ1v) is 4.89. The molecule has 0 aromatic carbocycles.